The summed E-state index contributed by atoms with van der Waals surface area (Å²) in [6.07, 6.45) is 18.4. The van der Waals surface area contributed by atoms with Crippen molar-refractivity contribution in [2.45, 2.75) is 167 Å². The van der Waals surface area contributed by atoms with Gasteiger partial charge in [0.15, 0.2) is 0 Å². The van der Waals surface area contributed by atoms with Crippen LogP contribution in [0, 0.1) is 46.3 Å². The molecule has 0 spiro atoms. The SMILES string of the molecule is CC(C)CCC[C@@H](C)[C@H]1CCC2C3CC=C4CC(OCCCCCCSC5O[C@H](CN)[C@@H](O)[C@H](O)[C@@H]5O)CC[C@]4(C)C3CC[C@@]21C. The van der Waals surface area contributed by atoms with E-state index in [1.807, 2.05) is 0 Å². The molecule has 0 radical (unpaired) electrons. The Morgan fingerprint density at radius 3 is 2.46 bits per heavy atom. The molecule has 5 rings (SSSR count). The number of unbranched alkanes of at least 4 members (excludes halogenated alkanes) is 3. The van der Waals surface area contributed by atoms with Gasteiger partial charge in [-0.1, -0.05) is 78.4 Å². The number of aliphatic hydroxyl groups is 3. The van der Waals surface area contributed by atoms with Crippen LogP contribution in [0.5, 0.6) is 0 Å². The molecule has 1 aliphatic heterocycles. The van der Waals surface area contributed by atoms with Gasteiger partial charge in [0.1, 0.15) is 23.7 Å². The zero-order valence-electron chi connectivity index (χ0n) is 29.9. The van der Waals surface area contributed by atoms with Crippen LogP contribution in [0.15, 0.2) is 11.6 Å². The van der Waals surface area contributed by atoms with Crippen molar-refractivity contribution in [1.82, 2.24) is 0 Å². The molecule has 1 saturated heterocycles. The lowest BCUT2D eigenvalue weighted by atomic mass is 9.47. The molecular weight excluding hydrogens is 594 g/mol. The molecule has 5 aliphatic rings. The summed E-state index contributed by atoms with van der Waals surface area (Å²) in [6.45, 7) is 13.6. The van der Waals surface area contributed by atoms with Crippen molar-refractivity contribution in [2.75, 3.05) is 18.9 Å². The Bertz CT molecular complexity index is 991. The van der Waals surface area contributed by atoms with Gasteiger partial charge in [0.2, 0.25) is 0 Å². The van der Waals surface area contributed by atoms with E-state index >= 15 is 0 Å². The van der Waals surface area contributed by atoms with Gasteiger partial charge in [0.05, 0.1) is 12.2 Å². The molecule has 266 valence electrons. The van der Waals surface area contributed by atoms with E-state index in [2.05, 4.69) is 40.7 Å². The quantitative estimate of drug-likeness (QED) is 0.106. The number of rotatable bonds is 15. The number of hydrogen-bond acceptors (Lipinski definition) is 7. The minimum atomic E-state index is -1.21. The molecule has 13 atom stereocenters. The van der Waals surface area contributed by atoms with Crippen LogP contribution in [-0.4, -0.2) is 70.2 Å². The molecule has 0 amide bonds. The molecule has 7 heteroatoms. The van der Waals surface area contributed by atoms with Gasteiger partial charge in [0.25, 0.3) is 0 Å². The average molecular weight is 664 g/mol. The molecular formula is C39H69NO5S. The van der Waals surface area contributed by atoms with Gasteiger partial charge in [-0.15, -0.1) is 11.8 Å². The zero-order chi connectivity index (χ0) is 33.1. The first-order chi connectivity index (χ1) is 22.0. The van der Waals surface area contributed by atoms with Crippen molar-refractivity contribution < 1.29 is 24.8 Å². The van der Waals surface area contributed by atoms with Gasteiger partial charge >= 0.3 is 0 Å². The minimum absolute atomic E-state index is 0.124. The normalized spacial score (nSPS) is 43.1. The van der Waals surface area contributed by atoms with Crippen molar-refractivity contribution in [3.8, 4) is 0 Å². The fourth-order valence-electron chi connectivity index (χ4n) is 11.1. The molecule has 0 aromatic carbocycles. The van der Waals surface area contributed by atoms with Gasteiger partial charge in [0, 0.05) is 13.2 Å². The highest BCUT2D eigenvalue weighted by Crippen LogP contribution is 2.67. The van der Waals surface area contributed by atoms with Gasteiger partial charge in [-0.2, -0.15) is 0 Å². The zero-order valence-corrected chi connectivity index (χ0v) is 30.7. The number of ether oxygens (including phenoxy) is 2. The summed E-state index contributed by atoms with van der Waals surface area (Å²) >= 11 is 1.51. The fourth-order valence-corrected chi connectivity index (χ4v) is 12.2. The Labute approximate surface area is 285 Å². The Hall–Kier alpha value is -0.150. The topological polar surface area (TPSA) is 105 Å². The summed E-state index contributed by atoms with van der Waals surface area (Å²) in [6, 6.07) is 0. The summed E-state index contributed by atoms with van der Waals surface area (Å²) in [4.78, 5) is 0. The van der Waals surface area contributed by atoms with Crippen LogP contribution >= 0.6 is 11.8 Å². The minimum Gasteiger partial charge on any atom is -0.388 e. The standard InChI is InChI=1S/C39H69NO5S/c1-25(2)11-10-12-26(3)30-15-16-31-29-14-13-27-23-28(17-19-38(27,4)32(29)18-20-39(30,31)5)44-21-8-6-7-9-22-46-37-36(43)35(42)34(41)33(24-40)45-37/h13,25-26,28-37,41-43H,6-12,14-24,40H2,1-5H3/t26-,28?,29?,30-,31?,32?,33-,34-,35+,36+,37?,38+,39-/m1/s1. The molecule has 0 aromatic heterocycles. The predicted octanol–water partition coefficient (Wildman–Crippen LogP) is 7.47. The first kappa shape index (κ1) is 37.1. The number of aliphatic hydroxyl groups excluding tert-OH is 3. The maximum absolute atomic E-state index is 10.3. The van der Waals surface area contributed by atoms with Gasteiger partial charge < -0.3 is 30.5 Å². The molecule has 3 saturated carbocycles. The molecule has 4 aliphatic carbocycles. The molecule has 5 unspecified atom stereocenters. The van der Waals surface area contributed by atoms with Gasteiger partial charge in [-0.3, -0.25) is 0 Å². The largest absolute Gasteiger partial charge is 0.388 e. The molecule has 1 heterocycles. The molecule has 4 fully saturated rings. The lowest BCUT2D eigenvalue weighted by molar-refractivity contribution is -0.194. The summed E-state index contributed by atoms with van der Waals surface area (Å²) < 4.78 is 12.2. The van der Waals surface area contributed by atoms with Crippen molar-refractivity contribution in [1.29, 1.82) is 0 Å². The maximum Gasteiger partial charge on any atom is 0.132 e. The van der Waals surface area contributed by atoms with Crippen LogP contribution in [0.4, 0.5) is 0 Å². The van der Waals surface area contributed by atoms with E-state index in [1.54, 1.807) is 5.57 Å². The lowest BCUT2D eigenvalue weighted by Crippen LogP contribution is -2.58. The van der Waals surface area contributed by atoms with Crippen LogP contribution < -0.4 is 5.73 Å². The highest BCUT2D eigenvalue weighted by Gasteiger charge is 2.59. The second kappa shape index (κ2) is 16.2. The molecule has 0 aromatic rings. The number of nitrogens with two attached hydrogens (primary N) is 1. The predicted molar refractivity (Wildman–Crippen MR) is 189 cm³/mol. The van der Waals surface area contributed by atoms with E-state index in [1.165, 1.54) is 76.0 Å². The number of hydrogen-bond donors (Lipinski definition) is 4. The Morgan fingerprint density at radius 2 is 1.70 bits per heavy atom. The molecule has 0 bridgehead atoms. The van der Waals surface area contributed by atoms with Gasteiger partial charge in [-0.05, 0) is 116 Å². The smallest absolute Gasteiger partial charge is 0.132 e. The number of allylic oxidation sites excluding steroid dienone is 1. The highest BCUT2D eigenvalue weighted by molar-refractivity contribution is 7.99. The van der Waals surface area contributed by atoms with E-state index in [4.69, 9.17) is 15.2 Å². The third kappa shape index (κ3) is 7.92. The van der Waals surface area contributed by atoms with Crippen molar-refractivity contribution in [2.24, 2.45) is 52.1 Å². The summed E-state index contributed by atoms with van der Waals surface area (Å²) in [5.41, 5.74) is 7.78. The second-order valence-electron chi connectivity index (χ2n) is 17.1. The molecule has 5 N–H and O–H groups in total. The average Bonchev–Trinajstić information content (AvgIpc) is 3.39. The fraction of sp³-hybridized carbons (Fsp3) is 0.949. The van der Waals surface area contributed by atoms with Gasteiger partial charge in [-0.25, -0.2) is 0 Å². The van der Waals surface area contributed by atoms with Crippen LogP contribution in [0.1, 0.15) is 131 Å². The summed E-state index contributed by atoms with van der Waals surface area (Å²) in [7, 11) is 0. The van der Waals surface area contributed by atoms with Crippen LogP contribution in [-0.2, 0) is 9.47 Å². The highest BCUT2D eigenvalue weighted by atomic mass is 32.2. The van der Waals surface area contributed by atoms with Crippen LogP contribution in [0.25, 0.3) is 0 Å². The van der Waals surface area contributed by atoms with E-state index in [-0.39, 0.29) is 6.54 Å². The Morgan fingerprint density at radius 1 is 0.913 bits per heavy atom. The van der Waals surface area contributed by atoms with E-state index in [9.17, 15) is 15.3 Å². The van der Waals surface area contributed by atoms with Crippen molar-refractivity contribution in [3.63, 3.8) is 0 Å². The number of thioether (sulfide) groups is 1. The Kier molecular flexibility index (Phi) is 13.1. The third-order valence-corrected chi connectivity index (χ3v) is 15.1. The monoisotopic (exact) mass is 663 g/mol. The lowest BCUT2D eigenvalue weighted by Gasteiger charge is -2.58. The van der Waals surface area contributed by atoms with Crippen molar-refractivity contribution >= 4 is 11.8 Å². The van der Waals surface area contributed by atoms with Crippen LogP contribution in [0.2, 0.25) is 0 Å². The molecule has 46 heavy (non-hydrogen) atoms. The van der Waals surface area contributed by atoms with Crippen LogP contribution in [0.3, 0.4) is 0 Å². The van der Waals surface area contributed by atoms with E-state index < -0.39 is 29.9 Å². The van der Waals surface area contributed by atoms with E-state index in [0.717, 1.165) is 80.0 Å². The second-order valence-corrected chi connectivity index (χ2v) is 18.3. The van der Waals surface area contributed by atoms with Crippen molar-refractivity contribution in [3.05, 3.63) is 11.6 Å². The molecule has 6 nitrogen and oxygen atoms in total. The Balaban J connectivity index is 1.02. The number of fused-ring (bicyclic) bond motifs is 5. The first-order valence-electron chi connectivity index (χ1n) is 19.3. The maximum atomic E-state index is 10.3. The summed E-state index contributed by atoms with van der Waals surface area (Å²) in [5.74, 6) is 6.17. The van der Waals surface area contributed by atoms with E-state index in [0.29, 0.717) is 16.9 Å². The summed E-state index contributed by atoms with van der Waals surface area (Å²) in [5, 5.41) is 30.3. The third-order valence-electron chi connectivity index (χ3n) is 13.8. The first-order valence-corrected chi connectivity index (χ1v) is 20.4.